The molecule has 470 valence electrons. The fourth-order valence-electron chi connectivity index (χ4n) is 9.23. The van der Waals surface area contributed by atoms with E-state index in [2.05, 4.69) is 167 Å². The van der Waals surface area contributed by atoms with E-state index in [-0.39, 0.29) is 37.5 Å². The van der Waals surface area contributed by atoms with Crippen molar-refractivity contribution in [3.05, 3.63) is 146 Å². The Bertz CT molecular complexity index is 1800. The van der Waals surface area contributed by atoms with Gasteiger partial charge in [0.25, 0.3) is 0 Å². The summed E-state index contributed by atoms with van der Waals surface area (Å²) >= 11 is 0. The van der Waals surface area contributed by atoms with Crippen LogP contribution in [-0.4, -0.2) is 37.2 Å². The number of unbranched alkanes of at least 4 members (excludes halogenated alkanes) is 26. The van der Waals surface area contributed by atoms with Gasteiger partial charge in [0, 0.05) is 19.3 Å². The Morgan fingerprint density at radius 1 is 0.253 bits per heavy atom. The quantitative estimate of drug-likeness (QED) is 0.0261. The molecule has 0 heterocycles. The van der Waals surface area contributed by atoms with Crippen LogP contribution in [0.2, 0.25) is 0 Å². The summed E-state index contributed by atoms with van der Waals surface area (Å²) < 4.78 is 16.9. The first-order valence-corrected chi connectivity index (χ1v) is 34.3. The monoisotopic (exact) mass is 1150 g/mol. The molecule has 0 fully saturated rings. The summed E-state index contributed by atoms with van der Waals surface area (Å²) in [7, 11) is 0. The van der Waals surface area contributed by atoms with E-state index in [1.165, 1.54) is 116 Å². The molecule has 1 atom stereocenters. The minimum atomic E-state index is -0.814. The first kappa shape index (κ1) is 78.3. The highest BCUT2D eigenvalue weighted by Crippen LogP contribution is 2.16. The highest BCUT2D eigenvalue weighted by molar-refractivity contribution is 5.71. The van der Waals surface area contributed by atoms with E-state index in [1.807, 2.05) is 0 Å². The normalized spacial score (nSPS) is 13.0. The topological polar surface area (TPSA) is 78.9 Å². The predicted molar refractivity (Wildman–Crippen MR) is 362 cm³/mol. The molecule has 0 aromatic heterocycles. The SMILES string of the molecule is CC/C=C\C/C=C\C/C=C\C/C=C\C/C=C\C/C=C\CCCCC(=O)OC(COC(=O)CCCCCCC/C=C\C/C=C\CCCCC)COC(=O)CCCCCCCCCCCCCCCCCC/C=C\C/C=C\C/C=C\C/C=C\CC. The fourth-order valence-corrected chi connectivity index (χ4v) is 9.23. The molecular formula is C77H126O6. The number of ether oxygens (including phenoxy) is 3. The van der Waals surface area contributed by atoms with Gasteiger partial charge in [-0.05, 0) is 141 Å². The average Bonchev–Trinajstić information content (AvgIpc) is 3.49. The molecule has 0 rings (SSSR count). The van der Waals surface area contributed by atoms with Crippen molar-refractivity contribution in [3.63, 3.8) is 0 Å². The zero-order valence-electron chi connectivity index (χ0n) is 53.9. The molecule has 0 amide bonds. The molecule has 0 saturated carbocycles. The van der Waals surface area contributed by atoms with Gasteiger partial charge in [-0.3, -0.25) is 14.4 Å². The second-order valence-electron chi connectivity index (χ2n) is 22.3. The zero-order valence-corrected chi connectivity index (χ0v) is 53.9. The summed E-state index contributed by atoms with van der Waals surface area (Å²) in [6.07, 6.45) is 100. The summed E-state index contributed by atoms with van der Waals surface area (Å²) in [5.74, 6) is -0.957. The van der Waals surface area contributed by atoms with Gasteiger partial charge in [0.2, 0.25) is 0 Å². The lowest BCUT2D eigenvalue weighted by Crippen LogP contribution is -2.30. The average molecular weight is 1150 g/mol. The third-order valence-corrected chi connectivity index (χ3v) is 14.3. The highest BCUT2D eigenvalue weighted by Gasteiger charge is 2.19. The van der Waals surface area contributed by atoms with Gasteiger partial charge in [0.15, 0.2) is 6.10 Å². The van der Waals surface area contributed by atoms with Crippen molar-refractivity contribution in [2.24, 2.45) is 0 Å². The van der Waals surface area contributed by atoms with Crippen LogP contribution >= 0.6 is 0 Å². The molecule has 0 aromatic carbocycles. The molecule has 0 aliphatic carbocycles. The third kappa shape index (κ3) is 68.0. The number of hydrogen-bond donors (Lipinski definition) is 0. The molecule has 0 saturated heterocycles. The lowest BCUT2D eigenvalue weighted by atomic mass is 10.0. The molecule has 6 nitrogen and oxygen atoms in total. The van der Waals surface area contributed by atoms with E-state index in [9.17, 15) is 14.4 Å². The van der Waals surface area contributed by atoms with E-state index in [0.29, 0.717) is 19.3 Å². The van der Waals surface area contributed by atoms with Gasteiger partial charge in [-0.1, -0.05) is 289 Å². The van der Waals surface area contributed by atoms with Gasteiger partial charge in [-0.2, -0.15) is 0 Å². The molecule has 0 aliphatic rings. The van der Waals surface area contributed by atoms with Crippen LogP contribution < -0.4 is 0 Å². The van der Waals surface area contributed by atoms with E-state index >= 15 is 0 Å². The van der Waals surface area contributed by atoms with Gasteiger partial charge in [0.1, 0.15) is 13.2 Å². The second-order valence-corrected chi connectivity index (χ2v) is 22.3. The molecule has 6 heteroatoms. The molecule has 0 radical (unpaired) electrons. The molecule has 0 aromatic rings. The van der Waals surface area contributed by atoms with Crippen LogP contribution in [0.25, 0.3) is 0 Å². The van der Waals surface area contributed by atoms with Crippen LogP contribution in [0.5, 0.6) is 0 Å². The van der Waals surface area contributed by atoms with Gasteiger partial charge in [0.05, 0.1) is 0 Å². The lowest BCUT2D eigenvalue weighted by molar-refractivity contribution is -0.167. The van der Waals surface area contributed by atoms with Crippen molar-refractivity contribution in [2.45, 2.75) is 309 Å². The number of esters is 3. The Balaban J connectivity index is 4.38. The third-order valence-electron chi connectivity index (χ3n) is 14.3. The van der Waals surface area contributed by atoms with E-state index in [0.717, 1.165) is 141 Å². The van der Waals surface area contributed by atoms with Crippen molar-refractivity contribution in [2.75, 3.05) is 13.2 Å². The summed E-state index contributed by atoms with van der Waals surface area (Å²) in [4.78, 5) is 38.4. The van der Waals surface area contributed by atoms with Gasteiger partial charge in [-0.15, -0.1) is 0 Å². The van der Waals surface area contributed by atoms with Crippen molar-refractivity contribution in [1.29, 1.82) is 0 Å². The summed E-state index contributed by atoms with van der Waals surface area (Å²) in [5.41, 5.74) is 0. The lowest BCUT2D eigenvalue weighted by Gasteiger charge is -2.18. The molecule has 0 N–H and O–H groups in total. The van der Waals surface area contributed by atoms with E-state index in [4.69, 9.17) is 14.2 Å². The number of hydrogen-bond acceptors (Lipinski definition) is 6. The zero-order chi connectivity index (χ0) is 59.9. The van der Waals surface area contributed by atoms with Crippen LogP contribution in [-0.2, 0) is 28.6 Å². The summed E-state index contributed by atoms with van der Waals surface area (Å²) in [5, 5.41) is 0. The maximum absolute atomic E-state index is 12.9. The smallest absolute Gasteiger partial charge is 0.306 e. The summed E-state index contributed by atoms with van der Waals surface area (Å²) in [6, 6.07) is 0. The Morgan fingerprint density at radius 2 is 0.470 bits per heavy atom. The number of rotatable bonds is 61. The van der Waals surface area contributed by atoms with Gasteiger partial charge >= 0.3 is 17.9 Å². The first-order valence-electron chi connectivity index (χ1n) is 34.3. The Morgan fingerprint density at radius 3 is 0.759 bits per heavy atom. The van der Waals surface area contributed by atoms with Crippen molar-refractivity contribution in [3.8, 4) is 0 Å². The fraction of sp³-hybridized carbons (Fsp3) is 0.649. The van der Waals surface area contributed by atoms with Crippen LogP contribution in [0.3, 0.4) is 0 Å². The minimum Gasteiger partial charge on any atom is -0.462 e. The Labute approximate surface area is 512 Å². The molecule has 0 bridgehead atoms. The molecular weight excluding hydrogens is 1020 g/mol. The molecule has 0 spiro atoms. The molecule has 0 aliphatic heterocycles. The van der Waals surface area contributed by atoms with E-state index in [1.54, 1.807) is 0 Å². The van der Waals surface area contributed by atoms with E-state index < -0.39 is 6.10 Å². The highest BCUT2D eigenvalue weighted by atomic mass is 16.6. The molecule has 83 heavy (non-hydrogen) atoms. The maximum atomic E-state index is 12.9. The number of allylic oxidation sites excluding steroid dienone is 24. The number of carbonyl (C=O) groups excluding carboxylic acids is 3. The maximum Gasteiger partial charge on any atom is 0.306 e. The van der Waals surface area contributed by atoms with Gasteiger partial charge in [-0.25, -0.2) is 0 Å². The van der Waals surface area contributed by atoms with Crippen LogP contribution in [0.4, 0.5) is 0 Å². The van der Waals surface area contributed by atoms with Crippen LogP contribution in [0.1, 0.15) is 303 Å². The molecule has 1 unspecified atom stereocenters. The number of carbonyl (C=O) groups is 3. The Hall–Kier alpha value is -4.71. The largest absolute Gasteiger partial charge is 0.462 e. The standard InChI is InChI=1S/C77H126O6/c1-4-7-10-13-16-19-22-25-28-30-32-34-35-36-37-38-39-40-41-43-44-46-49-52-55-58-61-64-67-70-76(79)82-73-74(72-81-75(78)69-66-63-60-57-54-51-48-27-24-21-18-15-12-9-6-3)83-77(80)71-68-65-62-59-56-53-50-47-45-42-33-31-29-26-23-20-17-14-11-8-5-2/h7-8,10-11,16-21,25-29,32-34,42,47-48,50,56,59,74H,4-6,9,12-15,22-24,30-31,35-41,43-46,49,51-55,57-58,60-73H2,1-3H3/b10-7-,11-8-,19-16-,20-17-,21-18-,28-25-,29-26-,34-32-,42-33-,48-27-,50-47-,59-56-. The minimum absolute atomic E-state index is 0.103. The Kier molecular flexibility index (Phi) is 65.8. The van der Waals surface area contributed by atoms with Gasteiger partial charge < -0.3 is 14.2 Å². The van der Waals surface area contributed by atoms with Crippen molar-refractivity contribution in [1.82, 2.24) is 0 Å². The second kappa shape index (κ2) is 69.8. The van der Waals surface area contributed by atoms with Crippen molar-refractivity contribution < 1.29 is 28.6 Å². The van der Waals surface area contributed by atoms with Crippen molar-refractivity contribution >= 4 is 17.9 Å². The summed E-state index contributed by atoms with van der Waals surface area (Å²) in [6.45, 7) is 6.36. The predicted octanol–water partition coefficient (Wildman–Crippen LogP) is 23.9. The first-order chi connectivity index (χ1) is 41.0. The van der Waals surface area contributed by atoms with Crippen LogP contribution in [0.15, 0.2) is 146 Å². The van der Waals surface area contributed by atoms with Crippen LogP contribution in [0, 0.1) is 0 Å².